The number of fused-ring (bicyclic) bond motifs is 1. The largest absolute Gasteiger partial charge is 0.381 e. The first-order chi connectivity index (χ1) is 9.54. The predicted octanol–water partition coefficient (Wildman–Crippen LogP) is 2.30. The van der Waals surface area contributed by atoms with Crippen molar-refractivity contribution in [3.63, 3.8) is 0 Å². The molecule has 0 spiro atoms. The van der Waals surface area contributed by atoms with Gasteiger partial charge in [0.25, 0.3) is 0 Å². The van der Waals surface area contributed by atoms with Crippen LogP contribution in [0.5, 0.6) is 0 Å². The summed E-state index contributed by atoms with van der Waals surface area (Å²) in [4.78, 5) is 0. The molecule has 2 heteroatoms. The van der Waals surface area contributed by atoms with Crippen molar-refractivity contribution >= 4 is 10.8 Å². The van der Waals surface area contributed by atoms with Crippen molar-refractivity contribution in [2.75, 3.05) is 0 Å². The number of hydrogen-bond donors (Lipinski definition) is 2. The molecular weight excluding hydrogens is 248 g/mol. The van der Waals surface area contributed by atoms with Crippen LogP contribution in [0.25, 0.3) is 10.8 Å². The van der Waals surface area contributed by atoms with E-state index in [2.05, 4.69) is 23.7 Å². The van der Waals surface area contributed by atoms with E-state index in [0.29, 0.717) is 0 Å². The van der Waals surface area contributed by atoms with Gasteiger partial charge in [-0.25, -0.2) is 0 Å². The van der Waals surface area contributed by atoms with E-state index < -0.39 is 12.2 Å². The van der Waals surface area contributed by atoms with Gasteiger partial charge in [-0.05, 0) is 48.9 Å². The van der Waals surface area contributed by atoms with Gasteiger partial charge < -0.3 is 10.2 Å². The summed E-state index contributed by atoms with van der Waals surface area (Å²) in [5.74, 6) is 11.3. The summed E-state index contributed by atoms with van der Waals surface area (Å²) < 4.78 is 0. The highest BCUT2D eigenvalue weighted by Crippen LogP contribution is 2.17. The van der Waals surface area contributed by atoms with E-state index in [1.54, 1.807) is 13.8 Å². The van der Waals surface area contributed by atoms with E-state index in [-0.39, 0.29) is 0 Å². The van der Waals surface area contributed by atoms with Gasteiger partial charge in [0.05, 0.1) is 0 Å². The molecule has 0 fully saturated rings. The highest BCUT2D eigenvalue weighted by Gasteiger charge is 1.97. The molecule has 0 radical (unpaired) electrons. The lowest BCUT2D eigenvalue weighted by Gasteiger charge is -2.00. The molecule has 0 heterocycles. The average Bonchev–Trinajstić information content (AvgIpc) is 2.42. The molecule has 0 amide bonds. The number of hydrogen-bond acceptors (Lipinski definition) is 2. The Balaban J connectivity index is 2.36. The van der Waals surface area contributed by atoms with E-state index in [0.717, 1.165) is 21.9 Å². The second-order valence-electron chi connectivity index (χ2n) is 4.67. The van der Waals surface area contributed by atoms with E-state index in [1.807, 2.05) is 36.4 Å². The molecule has 2 rings (SSSR count). The minimum absolute atomic E-state index is 0.621. The molecule has 0 saturated carbocycles. The zero-order chi connectivity index (χ0) is 14.5. The normalized spacial score (nSPS) is 12.8. The summed E-state index contributed by atoms with van der Waals surface area (Å²) in [6.07, 6.45) is -1.24. The molecule has 100 valence electrons. The Morgan fingerprint density at radius 1 is 0.750 bits per heavy atom. The Hall–Kier alpha value is -2.26. The number of aliphatic hydroxyl groups is 2. The Kier molecular flexibility index (Phi) is 4.43. The lowest BCUT2D eigenvalue weighted by atomic mass is 10.0. The van der Waals surface area contributed by atoms with Crippen molar-refractivity contribution in [1.82, 2.24) is 0 Å². The third-order valence-electron chi connectivity index (χ3n) is 2.69. The van der Waals surface area contributed by atoms with E-state index >= 15 is 0 Å². The number of benzene rings is 2. The zero-order valence-electron chi connectivity index (χ0n) is 11.5. The van der Waals surface area contributed by atoms with Gasteiger partial charge in [0.1, 0.15) is 12.2 Å². The molecule has 0 aliphatic carbocycles. The average molecular weight is 264 g/mol. The maximum Gasteiger partial charge on any atom is 0.112 e. The molecule has 0 bridgehead atoms. The van der Waals surface area contributed by atoms with Crippen LogP contribution >= 0.6 is 0 Å². The number of rotatable bonds is 0. The van der Waals surface area contributed by atoms with Crippen LogP contribution in [-0.4, -0.2) is 22.4 Å². The summed E-state index contributed by atoms with van der Waals surface area (Å²) in [5, 5.41) is 20.5. The smallest absolute Gasteiger partial charge is 0.112 e. The van der Waals surface area contributed by atoms with Crippen LogP contribution < -0.4 is 0 Å². The zero-order valence-corrected chi connectivity index (χ0v) is 11.5. The molecule has 2 atom stereocenters. The highest BCUT2D eigenvalue weighted by molar-refractivity contribution is 5.85. The molecule has 2 aromatic rings. The summed E-state index contributed by atoms with van der Waals surface area (Å²) in [5.41, 5.74) is 1.75. The molecule has 2 nitrogen and oxygen atoms in total. The third-order valence-corrected chi connectivity index (χ3v) is 2.69. The maximum atomic E-state index is 9.16. The maximum absolute atomic E-state index is 9.16. The van der Waals surface area contributed by atoms with Gasteiger partial charge in [0.15, 0.2) is 0 Å². The Morgan fingerprint density at radius 2 is 1.15 bits per heavy atom. The minimum Gasteiger partial charge on any atom is -0.381 e. The fourth-order valence-corrected chi connectivity index (χ4v) is 1.78. The van der Waals surface area contributed by atoms with Crippen LogP contribution in [0.2, 0.25) is 0 Å². The first-order valence-corrected chi connectivity index (χ1v) is 6.47. The van der Waals surface area contributed by atoms with Crippen LogP contribution in [0, 0.1) is 23.7 Å². The Morgan fingerprint density at radius 3 is 1.50 bits per heavy atom. The molecule has 2 N–H and O–H groups in total. The van der Waals surface area contributed by atoms with E-state index in [4.69, 9.17) is 10.2 Å². The predicted molar refractivity (Wildman–Crippen MR) is 81.1 cm³/mol. The summed E-state index contributed by atoms with van der Waals surface area (Å²) in [6, 6.07) is 11.8. The Labute approximate surface area is 119 Å². The van der Waals surface area contributed by atoms with Gasteiger partial charge in [-0.3, -0.25) is 0 Å². The second-order valence-corrected chi connectivity index (χ2v) is 4.67. The van der Waals surface area contributed by atoms with Crippen molar-refractivity contribution in [3.05, 3.63) is 47.5 Å². The molecule has 0 aromatic heterocycles. The lowest BCUT2D eigenvalue weighted by molar-refractivity contribution is 0.253. The van der Waals surface area contributed by atoms with Crippen LogP contribution in [0.15, 0.2) is 36.4 Å². The minimum atomic E-state index is -0.621. The molecular formula is C18H16O2. The molecule has 0 aliphatic rings. The highest BCUT2D eigenvalue weighted by atomic mass is 16.3. The quantitative estimate of drug-likeness (QED) is 0.717. The lowest BCUT2D eigenvalue weighted by Crippen LogP contribution is -1.93. The van der Waals surface area contributed by atoms with Crippen LogP contribution in [0.4, 0.5) is 0 Å². The van der Waals surface area contributed by atoms with Gasteiger partial charge >= 0.3 is 0 Å². The molecule has 0 saturated heterocycles. The standard InChI is InChI=1S/C18H16O2/c1-13(19)3-5-15-7-9-18-12-16(6-4-14(2)20)8-10-17(18)11-15/h7-14,19-20H,1-2H3/t13-,14-/m0/s1. The van der Waals surface area contributed by atoms with Gasteiger partial charge in [-0.2, -0.15) is 0 Å². The van der Waals surface area contributed by atoms with E-state index in [1.165, 1.54) is 0 Å². The summed E-state index contributed by atoms with van der Waals surface area (Å²) in [6.45, 7) is 3.28. The first-order valence-electron chi connectivity index (χ1n) is 6.47. The van der Waals surface area contributed by atoms with Gasteiger partial charge in [0.2, 0.25) is 0 Å². The van der Waals surface area contributed by atoms with Gasteiger partial charge in [-0.1, -0.05) is 35.8 Å². The van der Waals surface area contributed by atoms with Gasteiger partial charge in [-0.15, -0.1) is 0 Å². The Bertz CT molecular complexity index is 669. The van der Waals surface area contributed by atoms with Crippen LogP contribution in [-0.2, 0) is 0 Å². The fraction of sp³-hybridized carbons (Fsp3) is 0.222. The topological polar surface area (TPSA) is 40.5 Å². The first kappa shape index (κ1) is 14.2. The van der Waals surface area contributed by atoms with E-state index in [9.17, 15) is 0 Å². The van der Waals surface area contributed by atoms with Crippen molar-refractivity contribution in [1.29, 1.82) is 0 Å². The molecule has 20 heavy (non-hydrogen) atoms. The SMILES string of the molecule is C[C@H](O)C#Cc1ccc2cc(C#C[C@H](C)O)ccc2c1. The monoisotopic (exact) mass is 264 g/mol. The van der Waals surface area contributed by atoms with Crippen molar-refractivity contribution in [3.8, 4) is 23.7 Å². The fourth-order valence-electron chi connectivity index (χ4n) is 1.78. The number of aliphatic hydroxyl groups excluding tert-OH is 2. The molecule has 2 aromatic carbocycles. The molecule has 0 aliphatic heterocycles. The van der Waals surface area contributed by atoms with Crippen molar-refractivity contribution in [2.24, 2.45) is 0 Å². The molecule has 0 unspecified atom stereocenters. The van der Waals surface area contributed by atoms with Crippen molar-refractivity contribution in [2.45, 2.75) is 26.1 Å². The second kappa shape index (κ2) is 6.26. The summed E-state index contributed by atoms with van der Waals surface area (Å²) in [7, 11) is 0. The van der Waals surface area contributed by atoms with Crippen molar-refractivity contribution < 1.29 is 10.2 Å². The summed E-state index contributed by atoms with van der Waals surface area (Å²) >= 11 is 0. The van der Waals surface area contributed by atoms with Crippen LogP contribution in [0.1, 0.15) is 25.0 Å². The third kappa shape index (κ3) is 3.87. The van der Waals surface area contributed by atoms with Gasteiger partial charge in [0, 0.05) is 11.1 Å². The van der Waals surface area contributed by atoms with Crippen LogP contribution in [0.3, 0.4) is 0 Å².